The molecule has 176 valence electrons. The number of pyridine rings is 1. The number of carbonyl (C=O) groups is 2. The molecule has 0 saturated carbocycles. The molecule has 2 aliphatic heterocycles. The summed E-state index contributed by atoms with van der Waals surface area (Å²) in [7, 11) is 1.54. The Kier molecular flexibility index (Phi) is 6.41. The zero-order chi connectivity index (χ0) is 23.6. The van der Waals surface area contributed by atoms with Crippen molar-refractivity contribution in [3.8, 4) is 0 Å². The van der Waals surface area contributed by atoms with E-state index >= 15 is 0 Å². The standard InChI is InChI=1S/C22H23F3N4O4/c1-32-14-16-13-29(21(31)33-16)15-6-7-19(26-12-15)27-8-10-28(11-9-27)20(30)17-4-2-3-5-18(17)22(23,24)25/h2-7,12,16H,8-11,13-14H2,1H3/t16-/m1/s1. The van der Waals surface area contributed by atoms with Crippen LogP contribution in [0.2, 0.25) is 0 Å². The van der Waals surface area contributed by atoms with Gasteiger partial charge >= 0.3 is 12.3 Å². The average molecular weight is 464 g/mol. The minimum Gasteiger partial charge on any atom is -0.441 e. The van der Waals surface area contributed by atoms with Crippen molar-refractivity contribution in [1.29, 1.82) is 0 Å². The molecule has 0 N–H and O–H groups in total. The van der Waals surface area contributed by atoms with Gasteiger partial charge in [-0.25, -0.2) is 9.78 Å². The van der Waals surface area contributed by atoms with Gasteiger partial charge in [0, 0.05) is 33.3 Å². The molecule has 0 spiro atoms. The van der Waals surface area contributed by atoms with Crippen LogP contribution in [0.5, 0.6) is 0 Å². The molecule has 1 aromatic heterocycles. The lowest BCUT2D eigenvalue weighted by atomic mass is 10.1. The first-order valence-corrected chi connectivity index (χ1v) is 10.4. The van der Waals surface area contributed by atoms with Crippen molar-refractivity contribution < 1.29 is 32.2 Å². The molecule has 0 radical (unpaired) electrons. The number of cyclic esters (lactones) is 1. The lowest BCUT2D eigenvalue weighted by Gasteiger charge is -2.35. The van der Waals surface area contributed by atoms with Gasteiger partial charge in [-0.1, -0.05) is 12.1 Å². The van der Waals surface area contributed by atoms with Crippen molar-refractivity contribution in [2.45, 2.75) is 12.3 Å². The number of nitrogens with zero attached hydrogens (tertiary/aromatic N) is 4. The third-order valence-electron chi connectivity index (χ3n) is 5.62. The maximum atomic E-state index is 13.3. The average Bonchev–Trinajstić information content (AvgIpc) is 3.18. The topological polar surface area (TPSA) is 75.2 Å². The molecule has 2 amide bonds. The number of anilines is 2. The fraction of sp³-hybridized carbons (Fsp3) is 0.409. The molecule has 2 aliphatic rings. The first-order chi connectivity index (χ1) is 15.8. The molecule has 0 unspecified atom stereocenters. The lowest BCUT2D eigenvalue weighted by Crippen LogP contribution is -2.49. The highest BCUT2D eigenvalue weighted by molar-refractivity contribution is 5.96. The van der Waals surface area contributed by atoms with Crippen molar-refractivity contribution in [3.05, 3.63) is 53.7 Å². The molecule has 8 nitrogen and oxygen atoms in total. The molecule has 2 aromatic rings. The number of amides is 2. The number of piperazine rings is 1. The van der Waals surface area contributed by atoms with Crippen LogP contribution in [0.15, 0.2) is 42.6 Å². The molecule has 0 bridgehead atoms. The predicted molar refractivity (Wildman–Crippen MR) is 113 cm³/mol. The van der Waals surface area contributed by atoms with Crippen LogP contribution in [-0.2, 0) is 15.7 Å². The number of aromatic nitrogens is 1. The smallest absolute Gasteiger partial charge is 0.417 e. The van der Waals surface area contributed by atoms with Gasteiger partial charge in [-0.15, -0.1) is 0 Å². The summed E-state index contributed by atoms with van der Waals surface area (Å²) >= 11 is 0. The summed E-state index contributed by atoms with van der Waals surface area (Å²) in [6.07, 6.45) is -3.82. The van der Waals surface area contributed by atoms with Crippen LogP contribution in [0.4, 0.5) is 29.5 Å². The zero-order valence-corrected chi connectivity index (χ0v) is 17.9. The Morgan fingerprint density at radius 3 is 2.52 bits per heavy atom. The Labute approximate surface area is 188 Å². The summed E-state index contributed by atoms with van der Waals surface area (Å²) in [5.74, 6) is 0.0200. The quantitative estimate of drug-likeness (QED) is 0.677. The van der Waals surface area contributed by atoms with Gasteiger partial charge in [0.05, 0.1) is 36.2 Å². The number of rotatable bonds is 5. The van der Waals surface area contributed by atoms with E-state index in [4.69, 9.17) is 9.47 Å². The number of benzene rings is 1. The van der Waals surface area contributed by atoms with Crippen LogP contribution < -0.4 is 9.80 Å². The number of methoxy groups -OCH3 is 1. The fourth-order valence-corrected chi connectivity index (χ4v) is 3.96. The van der Waals surface area contributed by atoms with Gasteiger partial charge in [-0.2, -0.15) is 13.2 Å². The second kappa shape index (κ2) is 9.26. The maximum absolute atomic E-state index is 13.3. The van der Waals surface area contributed by atoms with Gasteiger partial charge in [0.25, 0.3) is 5.91 Å². The van der Waals surface area contributed by atoms with Crippen LogP contribution in [-0.4, -0.2) is 74.4 Å². The maximum Gasteiger partial charge on any atom is 0.417 e. The monoisotopic (exact) mass is 464 g/mol. The normalized spacial score (nSPS) is 19.1. The zero-order valence-electron chi connectivity index (χ0n) is 17.9. The number of carbonyl (C=O) groups excluding carboxylic acids is 2. The van der Waals surface area contributed by atoms with Crippen molar-refractivity contribution in [3.63, 3.8) is 0 Å². The Balaban J connectivity index is 1.38. The molecule has 2 fully saturated rings. The molecule has 2 saturated heterocycles. The Bertz CT molecular complexity index is 1010. The van der Waals surface area contributed by atoms with E-state index in [0.29, 0.717) is 37.7 Å². The molecular formula is C22H23F3N4O4. The van der Waals surface area contributed by atoms with Gasteiger partial charge in [0.15, 0.2) is 0 Å². The van der Waals surface area contributed by atoms with Crippen molar-refractivity contribution in [2.75, 3.05) is 56.2 Å². The SMILES string of the molecule is COC[C@H]1CN(c2ccc(N3CCN(C(=O)c4ccccc4C(F)(F)F)CC3)nc2)C(=O)O1. The minimum absolute atomic E-state index is 0.269. The Morgan fingerprint density at radius 1 is 1.15 bits per heavy atom. The lowest BCUT2D eigenvalue weighted by molar-refractivity contribution is -0.138. The van der Waals surface area contributed by atoms with Gasteiger partial charge in [-0.3, -0.25) is 9.69 Å². The van der Waals surface area contributed by atoms with E-state index in [0.717, 1.165) is 6.07 Å². The highest BCUT2D eigenvalue weighted by atomic mass is 19.4. The molecule has 33 heavy (non-hydrogen) atoms. The van der Waals surface area contributed by atoms with Crippen LogP contribution in [0.25, 0.3) is 0 Å². The van der Waals surface area contributed by atoms with Crippen molar-refractivity contribution in [2.24, 2.45) is 0 Å². The van der Waals surface area contributed by atoms with E-state index < -0.39 is 23.7 Å². The van der Waals surface area contributed by atoms with E-state index in [1.807, 2.05) is 4.90 Å². The summed E-state index contributed by atoms with van der Waals surface area (Å²) in [6, 6.07) is 8.35. The van der Waals surface area contributed by atoms with E-state index in [9.17, 15) is 22.8 Å². The highest BCUT2D eigenvalue weighted by Gasteiger charge is 2.36. The molecular weight excluding hydrogens is 441 g/mol. The summed E-state index contributed by atoms with van der Waals surface area (Å²) in [4.78, 5) is 34.1. The van der Waals surface area contributed by atoms with Crippen LogP contribution in [0, 0.1) is 0 Å². The predicted octanol–water partition coefficient (Wildman–Crippen LogP) is 3.03. The van der Waals surface area contributed by atoms with E-state index in [2.05, 4.69) is 4.98 Å². The molecule has 11 heteroatoms. The summed E-state index contributed by atoms with van der Waals surface area (Å²) in [5.41, 5.74) is -0.673. The summed E-state index contributed by atoms with van der Waals surface area (Å²) in [6.45, 7) is 2.07. The van der Waals surface area contributed by atoms with Gasteiger partial charge in [0.1, 0.15) is 11.9 Å². The van der Waals surface area contributed by atoms with Crippen molar-refractivity contribution in [1.82, 2.24) is 9.88 Å². The number of alkyl halides is 3. The third kappa shape index (κ3) is 4.87. The molecule has 1 aromatic carbocycles. The molecule has 3 heterocycles. The second-order valence-electron chi connectivity index (χ2n) is 7.77. The Morgan fingerprint density at radius 2 is 1.88 bits per heavy atom. The molecule has 1 atom stereocenters. The number of hydrogen-bond acceptors (Lipinski definition) is 6. The van der Waals surface area contributed by atoms with Crippen LogP contribution in [0.1, 0.15) is 15.9 Å². The largest absolute Gasteiger partial charge is 0.441 e. The van der Waals surface area contributed by atoms with Gasteiger partial charge in [0.2, 0.25) is 0 Å². The van der Waals surface area contributed by atoms with Crippen LogP contribution >= 0.6 is 0 Å². The summed E-state index contributed by atoms with van der Waals surface area (Å²) < 4.78 is 50.0. The summed E-state index contributed by atoms with van der Waals surface area (Å²) in [5, 5.41) is 0. The molecule has 0 aliphatic carbocycles. The number of ether oxygens (including phenoxy) is 2. The Hall–Kier alpha value is -3.34. The highest BCUT2D eigenvalue weighted by Crippen LogP contribution is 2.32. The number of halogens is 3. The minimum atomic E-state index is -4.59. The van der Waals surface area contributed by atoms with Gasteiger partial charge < -0.3 is 19.3 Å². The fourth-order valence-electron chi connectivity index (χ4n) is 3.96. The first-order valence-electron chi connectivity index (χ1n) is 10.4. The first kappa shape index (κ1) is 22.8. The third-order valence-corrected chi connectivity index (χ3v) is 5.62. The van der Waals surface area contributed by atoms with E-state index in [1.165, 1.54) is 35.1 Å². The van der Waals surface area contributed by atoms with Gasteiger partial charge in [-0.05, 0) is 24.3 Å². The second-order valence-corrected chi connectivity index (χ2v) is 7.77. The molecule has 4 rings (SSSR count). The van der Waals surface area contributed by atoms with Crippen LogP contribution in [0.3, 0.4) is 0 Å². The van der Waals surface area contributed by atoms with Crippen molar-refractivity contribution >= 4 is 23.5 Å². The van der Waals surface area contributed by atoms with E-state index in [1.54, 1.807) is 18.3 Å². The number of hydrogen-bond donors (Lipinski definition) is 0. The van der Waals surface area contributed by atoms with E-state index in [-0.39, 0.29) is 24.8 Å².